The van der Waals surface area contributed by atoms with E-state index in [9.17, 15) is 22.8 Å². The van der Waals surface area contributed by atoms with Crippen LogP contribution < -0.4 is 5.32 Å². The molecule has 182 valence electrons. The van der Waals surface area contributed by atoms with Crippen molar-refractivity contribution < 1.29 is 22.8 Å². The Bertz CT molecular complexity index is 1180. The monoisotopic (exact) mass is 485 g/mol. The first-order valence-electron chi connectivity index (χ1n) is 11.4. The van der Waals surface area contributed by atoms with Crippen molar-refractivity contribution in [2.24, 2.45) is 0 Å². The Morgan fingerprint density at radius 1 is 1.06 bits per heavy atom. The number of benzene rings is 2. The lowest BCUT2D eigenvalue weighted by Gasteiger charge is -2.30. The number of hydrogen-bond donors (Lipinski definition) is 1. The number of fused-ring (bicyclic) bond motifs is 1. The summed E-state index contributed by atoms with van der Waals surface area (Å²) in [6.45, 7) is 7.35. The van der Waals surface area contributed by atoms with Gasteiger partial charge in [0.25, 0.3) is 15.9 Å². The molecule has 2 atom stereocenters. The van der Waals surface area contributed by atoms with Gasteiger partial charge in [0, 0.05) is 25.6 Å². The smallest absolute Gasteiger partial charge is 0.269 e. The van der Waals surface area contributed by atoms with Crippen molar-refractivity contribution in [3.05, 3.63) is 65.2 Å². The van der Waals surface area contributed by atoms with Crippen LogP contribution in [0.5, 0.6) is 0 Å². The molecule has 9 heteroatoms. The Morgan fingerprint density at radius 3 is 2.32 bits per heavy atom. The highest BCUT2D eigenvalue weighted by molar-refractivity contribution is 7.90. The molecule has 0 unspecified atom stereocenters. The van der Waals surface area contributed by atoms with Crippen LogP contribution in [0.3, 0.4) is 0 Å². The van der Waals surface area contributed by atoms with Gasteiger partial charge in [0.15, 0.2) is 0 Å². The Morgan fingerprint density at radius 2 is 1.71 bits per heavy atom. The number of nitrogens with zero attached hydrogens (tertiary/aromatic N) is 2. The molecule has 3 rings (SSSR count). The normalized spacial score (nSPS) is 16.0. The summed E-state index contributed by atoms with van der Waals surface area (Å²) in [5.41, 5.74) is 2.02. The van der Waals surface area contributed by atoms with Crippen molar-refractivity contribution in [2.75, 3.05) is 6.54 Å². The zero-order valence-corrected chi connectivity index (χ0v) is 20.8. The minimum absolute atomic E-state index is 0.0443. The van der Waals surface area contributed by atoms with Crippen LogP contribution in [0.4, 0.5) is 0 Å². The number of carbonyl (C=O) groups excluding carboxylic acids is 3. The van der Waals surface area contributed by atoms with E-state index in [4.69, 9.17) is 0 Å². The van der Waals surface area contributed by atoms with E-state index in [-0.39, 0.29) is 41.9 Å². The van der Waals surface area contributed by atoms with Gasteiger partial charge in [-0.1, -0.05) is 48.9 Å². The molecule has 3 amide bonds. The Balaban J connectivity index is 1.79. The summed E-state index contributed by atoms with van der Waals surface area (Å²) < 4.78 is 26.4. The first kappa shape index (κ1) is 25.4. The average Bonchev–Trinajstić information content (AvgIpc) is 3.01. The van der Waals surface area contributed by atoms with E-state index >= 15 is 0 Å². The van der Waals surface area contributed by atoms with Crippen molar-refractivity contribution in [2.45, 2.75) is 64.1 Å². The fraction of sp³-hybridized carbons (Fsp3) is 0.400. The predicted octanol–water partition coefficient (Wildman–Crippen LogP) is 2.86. The number of hydrogen-bond acceptors (Lipinski definition) is 5. The van der Waals surface area contributed by atoms with Gasteiger partial charge in [-0.25, -0.2) is 12.7 Å². The summed E-state index contributed by atoms with van der Waals surface area (Å²) in [5.74, 6) is -1.34. The lowest BCUT2D eigenvalue weighted by molar-refractivity contribution is -0.140. The standard InChI is InChI=1S/C25H31N3O5S/c1-5-18(3)26-24(30)19(4)27(16-20-12-10-17(2)11-13-20)23(29)14-15-28-25(31)21-8-6-7-9-22(21)34(28,32)33/h6-13,18-19H,5,14-16H2,1-4H3,(H,26,30)/t18-,19+/m0/s1. The summed E-state index contributed by atoms with van der Waals surface area (Å²) in [5, 5.41) is 2.90. The Labute approximate surface area is 201 Å². The zero-order chi connectivity index (χ0) is 25.0. The van der Waals surface area contributed by atoms with Gasteiger partial charge in [0.05, 0.1) is 5.56 Å². The second-order valence-corrected chi connectivity index (χ2v) is 10.5. The lowest BCUT2D eigenvalue weighted by Crippen LogP contribution is -2.50. The number of carbonyl (C=O) groups is 3. The summed E-state index contributed by atoms with van der Waals surface area (Å²) in [6.07, 6.45) is 0.519. The maximum Gasteiger partial charge on any atom is 0.269 e. The first-order valence-corrected chi connectivity index (χ1v) is 12.8. The van der Waals surface area contributed by atoms with Crippen LogP contribution >= 0.6 is 0 Å². The Kier molecular flexibility index (Phi) is 7.76. The number of sulfonamides is 1. The quantitative estimate of drug-likeness (QED) is 0.588. The maximum atomic E-state index is 13.3. The fourth-order valence-corrected chi connectivity index (χ4v) is 5.30. The molecule has 2 aromatic rings. The molecule has 0 saturated carbocycles. The third-order valence-corrected chi connectivity index (χ3v) is 7.92. The van der Waals surface area contributed by atoms with Gasteiger partial charge >= 0.3 is 0 Å². The molecule has 0 aliphatic carbocycles. The number of aryl methyl sites for hydroxylation is 1. The van der Waals surface area contributed by atoms with E-state index in [1.807, 2.05) is 45.0 Å². The van der Waals surface area contributed by atoms with E-state index in [1.165, 1.54) is 17.0 Å². The third-order valence-electron chi connectivity index (χ3n) is 6.08. The first-order chi connectivity index (χ1) is 16.1. The van der Waals surface area contributed by atoms with Crippen LogP contribution in [0.2, 0.25) is 0 Å². The molecular weight excluding hydrogens is 454 g/mol. The zero-order valence-electron chi connectivity index (χ0n) is 19.9. The van der Waals surface area contributed by atoms with Crippen molar-refractivity contribution in [1.82, 2.24) is 14.5 Å². The molecule has 0 saturated heterocycles. The molecule has 1 N–H and O–H groups in total. The van der Waals surface area contributed by atoms with Crippen LogP contribution in [0.1, 0.15) is 55.1 Å². The molecular formula is C25H31N3O5S. The van der Waals surface area contributed by atoms with E-state index in [2.05, 4.69) is 5.32 Å². The highest BCUT2D eigenvalue weighted by Gasteiger charge is 2.41. The van der Waals surface area contributed by atoms with E-state index in [0.717, 1.165) is 21.9 Å². The van der Waals surface area contributed by atoms with E-state index < -0.39 is 27.9 Å². The van der Waals surface area contributed by atoms with E-state index in [0.29, 0.717) is 0 Å². The van der Waals surface area contributed by atoms with Crippen LogP contribution in [-0.4, -0.2) is 54.0 Å². The van der Waals surface area contributed by atoms with Crippen molar-refractivity contribution in [3.8, 4) is 0 Å². The predicted molar refractivity (Wildman–Crippen MR) is 128 cm³/mol. The SMILES string of the molecule is CC[C@H](C)NC(=O)[C@@H](C)N(Cc1ccc(C)cc1)C(=O)CCN1C(=O)c2ccccc2S1(=O)=O. The molecule has 0 bridgehead atoms. The van der Waals surface area contributed by atoms with Crippen LogP contribution in [0.25, 0.3) is 0 Å². The highest BCUT2D eigenvalue weighted by Crippen LogP contribution is 2.30. The molecule has 8 nitrogen and oxygen atoms in total. The summed E-state index contributed by atoms with van der Waals surface area (Å²) in [6, 6.07) is 12.8. The molecule has 0 aromatic heterocycles. The van der Waals surface area contributed by atoms with Crippen LogP contribution in [0, 0.1) is 6.92 Å². The Hall–Kier alpha value is -3.20. The van der Waals surface area contributed by atoms with Gasteiger partial charge < -0.3 is 10.2 Å². The number of nitrogens with one attached hydrogen (secondary N) is 1. The number of rotatable bonds is 9. The molecule has 2 aromatic carbocycles. The molecule has 34 heavy (non-hydrogen) atoms. The van der Waals surface area contributed by atoms with Gasteiger partial charge in [0.1, 0.15) is 10.9 Å². The number of amides is 3. The average molecular weight is 486 g/mol. The van der Waals surface area contributed by atoms with Gasteiger partial charge in [-0.2, -0.15) is 0 Å². The van der Waals surface area contributed by atoms with Crippen LogP contribution in [0.15, 0.2) is 53.4 Å². The van der Waals surface area contributed by atoms with Crippen LogP contribution in [-0.2, 0) is 26.2 Å². The minimum Gasteiger partial charge on any atom is -0.352 e. The molecule has 1 heterocycles. The summed E-state index contributed by atoms with van der Waals surface area (Å²) in [4.78, 5) is 40.1. The van der Waals surface area contributed by atoms with Crippen molar-refractivity contribution in [3.63, 3.8) is 0 Å². The summed E-state index contributed by atoms with van der Waals surface area (Å²) >= 11 is 0. The third kappa shape index (κ3) is 5.30. The fourth-order valence-electron chi connectivity index (χ4n) is 3.73. The minimum atomic E-state index is -4.00. The van der Waals surface area contributed by atoms with E-state index in [1.54, 1.807) is 19.1 Å². The summed E-state index contributed by atoms with van der Waals surface area (Å²) in [7, 11) is -4.00. The van der Waals surface area contributed by atoms with Gasteiger partial charge in [0.2, 0.25) is 11.8 Å². The van der Waals surface area contributed by atoms with Crippen molar-refractivity contribution >= 4 is 27.7 Å². The lowest BCUT2D eigenvalue weighted by atomic mass is 10.1. The molecule has 1 aliphatic rings. The van der Waals surface area contributed by atoms with Gasteiger partial charge in [-0.05, 0) is 44.9 Å². The molecule has 0 spiro atoms. The largest absolute Gasteiger partial charge is 0.352 e. The van der Waals surface area contributed by atoms with Gasteiger partial charge in [-0.3, -0.25) is 14.4 Å². The van der Waals surface area contributed by atoms with Crippen molar-refractivity contribution in [1.29, 1.82) is 0 Å². The molecule has 0 fully saturated rings. The van der Waals surface area contributed by atoms with Gasteiger partial charge in [-0.15, -0.1) is 0 Å². The highest BCUT2D eigenvalue weighted by atomic mass is 32.2. The second-order valence-electron chi connectivity index (χ2n) is 8.63. The topological polar surface area (TPSA) is 104 Å². The maximum absolute atomic E-state index is 13.3. The second kappa shape index (κ2) is 10.4. The molecule has 1 aliphatic heterocycles. The molecule has 0 radical (unpaired) electrons.